The lowest BCUT2D eigenvalue weighted by Crippen LogP contribution is -2.05. The summed E-state index contributed by atoms with van der Waals surface area (Å²) in [5.41, 5.74) is 3.81. The van der Waals surface area contributed by atoms with Gasteiger partial charge in [0.15, 0.2) is 0 Å². The van der Waals surface area contributed by atoms with Gasteiger partial charge in [0.2, 0.25) is 0 Å². The quantitative estimate of drug-likeness (QED) is 0.850. The van der Waals surface area contributed by atoms with Crippen LogP contribution < -0.4 is 0 Å². The average Bonchev–Trinajstić information content (AvgIpc) is 2.80. The zero-order valence-electron chi connectivity index (χ0n) is 10.6. The second kappa shape index (κ2) is 5.67. The summed E-state index contributed by atoms with van der Waals surface area (Å²) in [5, 5.41) is 8.77. The number of carboxylic acids is 1. The van der Waals surface area contributed by atoms with Crippen LogP contribution in [-0.2, 0) is 4.79 Å². The van der Waals surface area contributed by atoms with E-state index < -0.39 is 5.97 Å². The lowest BCUT2D eigenvalue weighted by Gasteiger charge is -2.17. The van der Waals surface area contributed by atoms with Crippen LogP contribution in [0.2, 0.25) is 0 Å². The van der Waals surface area contributed by atoms with Crippen LogP contribution in [0.5, 0.6) is 0 Å². The number of hydrogen-bond donors (Lipinski definition) is 1. The number of rotatable bonds is 5. The van der Waals surface area contributed by atoms with Gasteiger partial charge in [-0.3, -0.25) is 4.79 Å². The summed E-state index contributed by atoms with van der Waals surface area (Å²) in [7, 11) is 0. The smallest absolute Gasteiger partial charge is 0.303 e. The Hall–Kier alpha value is -1.83. The van der Waals surface area contributed by atoms with Crippen molar-refractivity contribution in [3.63, 3.8) is 0 Å². The van der Waals surface area contributed by atoms with Gasteiger partial charge >= 0.3 is 5.97 Å². The monoisotopic (exact) mass is 242 g/mol. The van der Waals surface area contributed by atoms with E-state index in [1.807, 2.05) is 18.2 Å². The molecule has 1 aliphatic carbocycles. The van der Waals surface area contributed by atoms with E-state index in [2.05, 4.69) is 31.2 Å². The zero-order valence-corrected chi connectivity index (χ0v) is 10.6. The maximum absolute atomic E-state index is 10.7. The minimum absolute atomic E-state index is 0.220. The van der Waals surface area contributed by atoms with E-state index in [0.29, 0.717) is 12.3 Å². The number of benzene rings is 1. The number of aliphatic carboxylic acids is 1. The number of carboxylic acid groups (broad SMARTS) is 1. The number of hydrogen-bond acceptors (Lipinski definition) is 1. The van der Waals surface area contributed by atoms with Crippen molar-refractivity contribution in [1.29, 1.82) is 0 Å². The molecule has 1 unspecified atom stereocenters. The molecule has 0 aromatic heterocycles. The van der Waals surface area contributed by atoms with Crippen molar-refractivity contribution in [1.82, 2.24) is 0 Å². The molecular formula is C16H18O2. The van der Waals surface area contributed by atoms with Crippen molar-refractivity contribution < 1.29 is 9.90 Å². The molecule has 0 heterocycles. The number of allylic oxidation sites excluding steroid dienone is 4. The summed E-state index contributed by atoms with van der Waals surface area (Å²) in [4.78, 5) is 10.7. The van der Waals surface area contributed by atoms with Crippen molar-refractivity contribution >= 4 is 11.5 Å². The molecule has 0 radical (unpaired) electrons. The second-order valence-corrected chi connectivity index (χ2v) is 4.58. The van der Waals surface area contributed by atoms with E-state index in [-0.39, 0.29) is 6.42 Å². The largest absolute Gasteiger partial charge is 0.481 e. The van der Waals surface area contributed by atoms with Crippen molar-refractivity contribution in [2.45, 2.75) is 26.2 Å². The van der Waals surface area contributed by atoms with Gasteiger partial charge in [0.05, 0.1) is 0 Å². The fourth-order valence-corrected chi connectivity index (χ4v) is 2.55. The van der Waals surface area contributed by atoms with Crippen LogP contribution >= 0.6 is 0 Å². The standard InChI is InChI=1S/C16H18O2/c1-2-14-13(9-11-16(17)18)8-10-15(14)12-6-4-3-5-7-12/h3-8,10,14H,2,9,11H2,1H3,(H,17,18). The fraction of sp³-hybridized carbons (Fsp3) is 0.312. The minimum atomic E-state index is -0.723. The van der Waals surface area contributed by atoms with Gasteiger partial charge in [-0.1, -0.05) is 55.0 Å². The third kappa shape index (κ3) is 2.70. The van der Waals surface area contributed by atoms with Gasteiger partial charge < -0.3 is 5.11 Å². The van der Waals surface area contributed by atoms with Gasteiger partial charge in [0, 0.05) is 12.3 Å². The molecule has 2 heteroatoms. The van der Waals surface area contributed by atoms with Crippen LogP contribution in [0.4, 0.5) is 0 Å². The Morgan fingerprint density at radius 1 is 1.22 bits per heavy atom. The zero-order chi connectivity index (χ0) is 13.0. The molecule has 1 N–H and O–H groups in total. The summed E-state index contributed by atoms with van der Waals surface area (Å²) in [6, 6.07) is 10.3. The topological polar surface area (TPSA) is 37.3 Å². The fourth-order valence-electron chi connectivity index (χ4n) is 2.55. The molecule has 2 rings (SSSR count). The molecule has 0 amide bonds. The molecule has 0 saturated carbocycles. The molecule has 18 heavy (non-hydrogen) atoms. The Morgan fingerprint density at radius 3 is 2.56 bits per heavy atom. The lowest BCUT2D eigenvalue weighted by atomic mass is 9.87. The highest BCUT2D eigenvalue weighted by Gasteiger charge is 2.22. The van der Waals surface area contributed by atoms with Crippen molar-refractivity contribution in [2.75, 3.05) is 0 Å². The van der Waals surface area contributed by atoms with Crippen molar-refractivity contribution in [2.24, 2.45) is 5.92 Å². The highest BCUT2D eigenvalue weighted by atomic mass is 16.4. The lowest BCUT2D eigenvalue weighted by molar-refractivity contribution is -0.136. The van der Waals surface area contributed by atoms with Gasteiger partial charge in [-0.2, -0.15) is 0 Å². The van der Waals surface area contributed by atoms with Gasteiger partial charge in [-0.25, -0.2) is 0 Å². The predicted molar refractivity (Wildman–Crippen MR) is 73.2 cm³/mol. The van der Waals surface area contributed by atoms with E-state index in [1.165, 1.54) is 16.7 Å². The van der Waals surface area contributed by atoms with Crippen molar-refractivity contribution in [3.05, 3.63) is 53.6 Å². The molecule has 1 aromatic carbocycles. The first-order valence-corrected chi connectivity index (χ1v) is 6.40. The Bertz CT molecular complexity index is 483. The van der Waals surface area contributed by atoms with Gasteiger partial charge in [0.1, 0.15) is 0 Å². The van der Waals surface area contributed by atoms with Crippen LogP contribution in [0.3, 0.4) is 0 Å². The predicted octanol–water partition coefficient (Wildman–Crippen LogP) is 3.90. The third-order valence-electron chi connectivity index (χ3n) is 3.44. The highest BCUT2D eigenvalue weighted by molar-refractivity contribution is 5.75. The van der Waals surface area contributed by atoms with E-state index >= 15 is 0 Å². The summed E-state index contributed by atoms with van der Waals surface area (Å²) in [5.74, 6) is -0.342. The Kier molecular flexibility index (Phi) is 3.98. The maximum Gasteiger partial charge on any atom is 0.303 e. The second-order valence-electron chi connectivity index (χ2n) is 4.58. The molecule has 0 fully saturated rings. The molecule has 1 aliphatic rings. The Balaban J connectivity index is 2.11. The molecule has 1 aromatic rings. The highest BCUT2D eigenvalue weighted by Crippen LogP contribution is 2.38. The van der Waals surface area contributed by atoms with Crippen LogP contribution in [0, 0.1) is 5.92 Å². The van der Waals surface area contributed by atoms with E-state index in [0.717, 1.165) is 6.42 Å². The Morgan fingerprint density at radius 2 is 1.94 bits per heavy atom. The summed E-state index contributed by atoms with van der Waals surface area (Å²) in [6.07, 6.45) is 6.13. The molecule has 0 bridgehead atoms. The van der Waals surface area contributed by atoms with Gasteiger partial charge in [-0.15, -0.1) is 0 Å². The van der Waals surface area contributed by atoms with Crippen LogP contribution in [0.15, 0.2) is 48.1 Å². The first-order chi connectivity index (χ1) is 8.72. The first-order valence-electron chi connectivity index (χ1n) is 6.40. The third-order valence-corrected chi connectivity index (χ3v) is 3.44. The Labute approximate surface area is 108 Å². The summed E-state index contributed by atoms with van der Waals surface area (Å²) in [6.45, 7) is 2.15. The summed E-state index contributed by atoms with van der Waals surface area (Å²) >= 11 is 0. The first kappa shape index (κ1) is 12.6. The molecule has 2 nitrogen and oxygen atoms in total. The van der Waals surface area contributed by atoms with Crippen LogP contribution in [0.25, 0.3) is 5.57 Å². The maximum atomic E-state index is 10.7. The summed E-state index contributed by atoms with van der Waals surface area (Å²) < 4.78 is 0. The number of carbonyl (C=O) groups is 1. The molecule has 0 saturated heterocycles. The molecule has 94 valence electrons. The van der Waals surface area contributed by atoms with E-state index in [9.17, 15) is 4.79 Å². The molecule has 1 atom stereocenters. The van der Waals surface area contributed by atoms with Gasteiger partial charge in [0.25, 0.3) is 0 Å². The van der Waals surface area contributed by atoms with Crippen LogP contribution in [-0.4, -0.2) is 11.1 Å². The van der Waals surface area contributed by atoms with E-state index in [1.54, 1.807) is 0 Å². The SMILES string of the molecule is CCC1C(CCC(=O)O)=CC=C1c1ccccc1. The van der Waals surface area contributed by atoms with Gasteiger partial charge in [-0.05, 0) is 24.0 Å². The molecule has 0 aliphatic heterocycles. The molecular weight excluding hydrogens is 224 g/mol. The minimum Gasteiger partial charge on any atom is -0.481 e. The van der Waals surface area contributed by atoms with Crippen molar-refractivity contribution in [3.8, 4) is 0 Å². The van der Waals surface area contributed by atoms with Crippen LogP contribution in [0.1, 0.15) is 31.7 Å². The normalized spacial score (nSPS) is 18.4. The molecule has 0 spiro atoms. The van der Waals surface area contributed by atoms with E-state index in [4.69, 9.17) is 5.11 Å². The average molecular weight is 242 g/mol.